The lowest BCUT2D eigenvalue weighted by Gasteiger charge is -2.20. The predicted octanol–water partition coefficient (Wildman–Crippen LogP) is 3.84. The van der Waals surface area contributed by atoms with E-state index in [1.807, 2.05) is 0 Å². The summed E-state index contributed by atoms with van der Waals surface area (Å²) in [4.78, 5) is 27.3. The highest BCUT2D eigenvalue weighted by Crippen LogP contribution is 2.26. The summed E-state index contributed by atoms with van der Waals surface area (Å²) < 4.78 is 4.99. The van der Waals surface area contributed by atoms with Crippen molar-refractivity contribution in [1.82, 2.24) is 4.98 Å². The Labute approximate surface area is 139 Å². The van der Waals surface area contributed by atoms with Crippen LogP contribution in [0.3, 0.4) is 0 Å². The molecule has 5 nitrogen and oxygen atoms in total. The van der Waals surface area contributed by atoms with Crippen molar-refractivity contribution in [3.8, 4) is 0 Å². The van der Waals surface area contributed by atoms with E-state index < -0.39 is 5.91 Å². The van der Waals surface area contributed by atoms with Gasteiger partial charge in [0.25, 0.3) is 5.91 Å². The van der Waals surface area contributed by atoms with Crippen LogP contribution in [0.25, 0.3) is 0 Å². The molecule has 1 amide bonds. The minimum absolute atomic E-state index is 0.194. The van der Waals surface area contributed by atoms with Gasteiger partial charge in [-0.15, -0.1) is 0 Å². The zero-order valence-corrected chi connectivity index (χ0v) is 13.6. The van der Waals surface area contributed by atoms with Crippen LogP contribution >= 0.6 is 23.2 Å². The first-order chi connectivity index (χ1) is 10.5. The number of nitrogens with one attached hydrogen (secondary N) is 1. The Morgan fingerprint density at radius 2 is 2.00 bits per heavy atom. The van der Waals surface area contributed by atoms with E-state index >= 15 is 0 Å². The van der Waals surface area contributed by atoms with Crippen LogP contribution in [0.1, 0.15) is 38.5 Å². The number of carbonyl (C=O) groups is 2. The molecular formula is C15H18Cl2N2O3. The van der Waals surface area contributed by atoms with E-state index in [1.54, 1.807) is 0 Å². The molecule has 0 saturated heterocycles. The molecule has 1 aromatic rings. The summed E-state index contributed by atoms with van der Waals surface area (Å²) >= 11 is 11.6. The number of hydrogen-bond acceptors (Lipinski definition) is 4. The number of nitrogens with zero attached hydrogens (tertiary/aromatic N) is 1. The number of hydrogen-bond donors (Lipinski definition) is 1. The zero-order chi connectivity index (χ0) is 15.9. The maximum atomic E-state index is 11.7. The lowest BCUT2D eigenvalue weighted by atomic mass is 9.87. The summed E-state index contributed by atoms with van der Waals surface area (Å²) in [6.07, 6.45) is 7.45. The van der Waals surface area contributed by atoms with E-state index in [1.165, 1.54) is 31.5 Å². The van der Waals surface area contributed by atoms with Gasteiger partial charge in [-0.3, -0.25) is 9.59 Å². The van der Waals surface area contributed by atoms with Gasteiger partial charge < -0.3 is 10.1 Å². The summed E-state index contributed by atoms with van der Waals surface area (Å²) in [5, 5.41) is 3.09. The van der Waals surface area contributed by atoms with Gasteiger partial charge in [0, 0.05) is 12.6 Å². The van der Waals surface area contributed by atoms with Crippen LogP contribution < -0.4 is 5.32 Å². The van der Waals surface area contributed by atoms with Gasteiger partial charge in [-0.1, -0.05) is 42.5 Å². The Kier molecular flexibility index (Phi) is 6.46. The minimum Gasteiger partial charge on any atom is -0.456 e. The predicted molar refractivity (Wildman–Crippen MR) is 85.0 cm³/mol. The number of anilines is 1. The lowest BCUT2D eigenvalue weighted by Crippen LogP contribution is -2.23. The van der Waals surface area contributed by atoms with Crippen molar-refractivity contribution in [2.45, 2.75) is 38.5 Å². The maximum Gasteiger partial charge on any atom is 0.306 e. The number of amides is 1. The fourth-order valence-corrected chi connectivity index (χ4v) is 2.93. The summed E-state index contributed by atoms with van der Waals surface area (Å²) in [7, 11) is 0. The number of ether oxygens (including phenoxy) is 1. The number of esters is 1. The van der Waals surface area contributed by atoms with Crippen molar-refractivity contribution in [2.75, 3.05) is 11.9 Å². The number of aromatic nitrogens is 1. The highest BCUT2D eigenvalue weighted by Gasteiger charge is 2.18. The molecule has 2 rings (SSSR count). The molecule has 1 aromatic heterocycles. The van der Waals surface area contributed by atoms with E-state index in [-0.39, 0.29) is 23.4 Å². The number of pyridine rings is 1. The number of halogens is 2. The minimum atomic E-state index is -0.478. The molecule has 0 radical (unpaired) electrons. The monoisotopic (exact) mass is 344 g/mol. The van der Waals surface area contributed by atoms with Gasteiger partial charge in [-0.2, -0.15) is 0 Å². The van der Waals surface area contributed by atoms with Crippen LogP contribution in [0.5, 0.6) is 0 Å². The highest BCUT2D eigenvalue weighted by molar-refractivity contribution is 6.36. The van der Waals surface area contributed by atoms with Gasteiger partial charge in [-0.05, 0) is 24.8 Å². The third kappa shape index (κ3) is 5.46. The first kappa shape index (κ1) is 17.0. The molecular weight excluding hydrogens is 327 g/mol. The van der Waals surface area contributed by atoms with Gasteiger partial charge in [0.2, 0.25) is 0 Å². The summed E-state index contributed by atoms with van der Waals surface area (Å²) in [6.45, 7) is -0.341. The zero-order valence-electron chi connectivity index (χ0n) is 12.1. The van der Waals surface area contributed by atoms with Gasteiger partial charge in [0.05, 0.1) is 10.0 Å². The van der Waals surface area contributed by atoms with Crippen LogP contribution in [0.2, 0.25) is 10.0 Å². The van der Waals surface area contributed by atoms with Crippen molar-refractivity contribution in [3.05, 3.63) is 22.3 Å². The average Bonchev–Trinajstić information content (AvgIpc) is 2.49. The first-order valence-electron chi connectivity index (χ1n) is 7.31. The molecule has 0 spiro atoms. The quantitative estimate of drug-likeness (QED) is 0.824. The van der Waals surface area contributed by atoms with Crippen molar-refractivity contribution in [1.29, 1.82) is 0 Å². The molecule has 1 aliphatic rings. The average molecular weight is 345 g/mol. The molecule has 1 aliphatic carbocycles. The molecule has 1 saturated carbocycles. The van der Waals surface area contributed by atoms with Gasteiger partial charge in [0.15, 0.2) is 12.4 Å². The second-order valence-corrected chi connectivity index (χ2v) is 6.24. The van der Waals surface area contributed by atoms with Crippen molar-refractivity contribution >= 4 is 40.9 Å². The largest absolute Gasteiger partial charge is 0.456 e. The van der Waals surface area contributed by atoms with Crippen LogP contribution in [0.4, 0.5) is 5.82 Å². The Hall–Kier alpha value is -1.33. The smallest absolute Gasteiger partial charge is 0.306 e. The topological polar surface area (TPSA) is 68.3 Å². The van der Waals surface area contributed by atoms with E-state index in [2.05, 4.69) is 10.3 Å². The molecule has 0 aromatic carbocycles. The fourth-order valence-electron chi connectivity index (χ4n) is 2.51. The third-order valence-corrected chi connectivity index (χ3v) is 4.10. The van der Waals surface area contributed by atoms with Crippen molar-refractivity contribution < 1.29 is 14.3 Å². The summed E-state index contributed by atoms with van der Waals surface area (Å²) in [5.74, 6) is -0.234. The van der Waals surface area contributed by atoms with Crippen molar-refractivity contribution in [3.63, 3.8) is 0 Å². The van der Waals surface area contributed by atoms with Gasteiger partial charge >= 0.3 is 5.97 Å². The second kappa shape index (κ2) is 8.34. The fraction of sp³-hybridized carbons (Fsp3) is 0.533. The standard InChI is InChI=1S/C15H18Cl2N2O3/c16-11-7-12(17)15(18-8-11)19-13(20)9-22-14(21)6-10-4-2-1-3-5-10/h7-8,10H,1-6,9H2,(H,18,19,20). The number of rotatable bonds is 5. The highest BCUT2D eigenvalue weighted by atomic mass is 35.5. The van der Waals surface area contributed by atoms with Crippen LogP contribution in [0, 0.1) is 5.92 Å². The molecule has 22 heavy (non-hydrogen) atoms. The molecule has 1 fully saturated rings. The Morgan fingerprint density at radius 3 is 2.68 bits per heavy atom. The molecule has 0 aliphatic heterocycles. The second-order valence-electron chi connectivity index (χ2n) is 5.40. The maximum absolute atomic E-state index is 11.7. The number of carbonyl (C=O) groups excluding carboxylic acids is 2. The summed E-state index contributed by atoms with van der Waals surface area (Å²) in [5.41, 5.74) is 0. The summed E-state index contributed by atoms with van der Waals surface area (Å²) in [6, 6.07) is 1.47. The van der Waals surface area contributed by atoms with E-state index in [4.69, 9.17) is 27.9 Å². The molecule has 120 valence electrons. The van der Waals surface area contributed by atoms with Crippen molar-refractivity contribution in [2.24, 2.45) is 5.92 Å². The molecule has 1 heterocycles. The third-order valence-electron chi connectivity index (χ3n) is 3.61. The Bertz CT molecular complexity index is 546. The first-order valence-corrected chi connectivity index (χ1v) is 8.06. The molecule has 0 unspecified atom stereocenters. The normalized spacial score (nSPS) is 15.4. The van der Waals surface area contributed by atoms with E-state index in [0.29, 0.717) is 17.4 Å². The van der Waals surface area contributed by atoms with Gasteiger partial charge in [-0.25, -0.2) is 4.98 Å². The molecule has 0 atom stereocenters. The van der Waals surface area contributed by atoms with Crippen LogP contribution in [-0.2, 0) is 14.3 Å². The van der Waals surface area contributed by atoms with Gasteiger partial charge in [0.1, 0.15) is 0 Å². The van der Waals surface area contributed by atoms with E-state index in [9.17, 15) is 9.59 Å². The SMILES string of the molecule is O=C(COC(=O)CC1CCCCC1)Nc1ncc(Cl)cc1Cl. The molecule has 1 N–H and O–H groups in total. The van der Waals surface area contributed by atoms with Crippen LogP contribution in [-0.4, -0.2) is 23.5 Å². The van der Waals surface area contributed by atoms with Crippen LogP contribution in [0.15, 0.2) is 12.3 Å². The lowest BCUT2D eigenvalue weighted by molar-refractivity contribution is -0.148. The molecule has 7 heteroatoms. The Balaban J connectivity index is 1.73. The molecule has 0 bridgehead atoms. The Morgan fingerprint density at radius 1 is 1.27 bits per heavy atom. The van der Waals surface area contributed by atoms with E-state index in [0.717, 1.165) is 12.8 Å².